The van der Waals surface area contributed by atoms with Crippen LogP contribution in [0.25, 0.3) is 12.2 Å². The fourth-order valence-corrected chi connectivity index (χ4v) is 2.39. The van der Waals surface area contributed by atoms with Gasteiger partial charge in [0.25, 0.3) is 0 Å². The number of ketones is 1. The number of hydrogen-bond donors (Lipinski definition) is 0. The van der Waals surface area contributed by atoms with E-state index in [1.54, 1.807) is 6.92 Å². The van der Waals surface area contributed by atoms with E-state index in [4.69, 9.17) is 11.6 Å². The summed E-state index contributed by atoms with van der Waals surface area (Å²) in [6, 6.07) is 11.4. The Morgan fingerprint density at radius 1 is 1.12 bits per heavy atom. The van der Waals surface area contributed by atoms with Crippen LogP contribution < -0.4 is 0 Å². The minimum Gasteiger partial charge on any atom is -0.295 e. The van der Waals surface area contributed by atoms with Gasteiger partial charge in [0, 0.05) is 10.4 Å². The van der Waals surface area contributed by atoms with Gasteiger partial charge in [0.15, 0.2) is 5.78 Å². The highest BCUT2D eigenvalue weighted by atomic mass is 35.5. The van der Waals surface area contributed by atoms with E-state index in [1.807, 2.05) is 48.6 Å². The first kappa shape index (κ1) is 12.1. The molecule has 0 aliphatic carbocycles. The van der Waals surface area contributed by atoms with Crippen molar-refractivity contribution in [3.63, 3.8) is 0 Å². The van der Waals surface area contributed by atoms with Crippen LogP contribution in [0.1, 0.15) is 27.7 Å². The Morgan fingerprint density at radius 2 is 1.82 bits per heavy atom. The molecule has 17 heavy (non-hydrogen) atoms. The molecule has 1 nitrogen and oxygen atoms in total. The highest BCUT2D eigenvalue weighted by Gasteiger charge is 1.97. The van der Waals surface area contributed by atoms with Crippen LogP contribution in [0, 0.1) is 0 Å². The highest BCUT2D eigenvalue weighted by molar-refractivity contribution is 7.17. The molecule has 0 saturated carbocycles. The lowest BCUT2D eigenvalue weighted by molar-refractivity contribution is 0.101. The zero-order chi connectivity index (χ0) is 12.3. The molecule has 0 atom stereocenters. The summed E-state index contributed by atoms with van der Waals surface area (Å²) in [5.74, 6) is 0.0885. The van der Waals surface area contributed by atoms with Crippen LogP contribution in [-0.2, 0) is 0 Å². The zero-order valence-electron chi connectivity index (χ0n) is 9.31. The minimum atomic E-state index is 0.0885. The van der Waals surface area contributed by atoms with Gasteiger partial charge in [-0.3, -0.25) is 4.79 Å². The monoisotopic (exact) mass is 262 g/mol. The number of benzene rings is 1. The van der Waals surface area contributed by atoms with Gasteiger partial charge in [0.05, 0.1) is 4.34 Å². The summed E-state index contributed by atoms with van der Waals surface area (Å²) < 4.78 is 0.788. The van der Waals surface area contributed by atoms with E-state index in [2.05, 4.69) is 0 Å². The Labute approximate surface area is 109 Å². The van der Waals surface area contributed by atoms with Crippen molar-refractivity contribution in [2.45, 2.75) is 6.92 Å². The van der Waals surface area contributed by atoms with Crippen molar-refractivity contribution in [3.05, 3.63) is 56.7 Å². The molecule has 0 fully saturated rings. The summed E-state index contributed by atoms with van der Waals surface area (Å²) in [4.78, 5) is 12.2. The average molecular weight is 263 g/mol. The molecule has 86 valence electrons. The first-order valence-electron chi connectivity index (χ1n) is 5.19. The average Bonchev–Trinajstić information content (AvgIpc) is 2.73. The van der Waals surface area contributed by atoms with Crippen molar-refractivity contribution in [2.24, 2.45) is 0 Å². The summed E-state index contributed by atoms with van der Waals surface area (Å²) in [6.45, 7) is 1.57. The summed E-state index contributed by atoms with van der Waals surface area (Å²) in [7, 11) is 0. The van der Waals surface area contributed by atoms with Crippen LogP contribution in [0.3, 0.4) is 0 Å². The van der Waals surface area contributed by atoms with Crippen LogP contribution >= 0.6 is 22.9 Å². The number of halogens is 1. The summed E-state index contributed by atoms with van der Waals surface area (Å²) in [6.07, 6.45) is 4.02. The quantitative estimate of drug-likeness (QED) is 0.728. The van der Waals surface area contributed by atoms with Gasteiger partial charge in [0.2, 0.25) is 0 Å². The molecule has 0 amide bonds. The standard InChI is InChI=1S/C14H11ClOS/c1-10(16)12-5-2-11(3-6-12)4-7-13-8-9-14(15)17-13/h2-9H,1H3. The molecule has 0 radical (unpaired) electrons. The fraction of sp³-hybridized carbons (Fsp3) is 0.0714. The smallest absolute Gasteiger partial charge is 0.159 e. The molecule has 0 bridgehead atoms. The number of hydrogen-bond acceptors (Lipinski definition) is 2. The predicted octanol–water partition coefficient (Wildman–Crippen LogP) is 4.77. The van der Waals surface area contributed by atoms with E-state index in [0.717, 1.165) is 20.3 Å². The maximum absolute atomic E-state index is 11.1. The molecule has 2 rings (SSSR count). The van der Waals surface area contributed by atoms with Crippen LogP contribution in [0.2, 0.25) is 4.34 Å². The Balaban J connectivity index is 2.13. The van der Waals surface area contributed by atoms with Crippen molar-refractivity contribution < 1.29 is 4.79 Å². The number of carbonyl (C=O) groups excluding carboxylic acids is 1. The second-order valence-electron chi connectivity index (χ2n) is 3.65. The lowest BCUT2D eigenvalue weighted by Gasteiger charge is -1.96. The maximum atomic E-state index is 11.1. The lowest BCUT2D eigenvalue weighted by atomic mass is 10.1. The molecule has 1 heterocycles. The molecule has 0 N–H and O–H groups in total. The Bertz CT molecular complexity index is 552. The Hall–Kier alpha value is -1.38. The number of Topliss-reactive ketones (excluding diaryl/α,β-unsaturated/α-hetero) is 1. The van der Waals surface area contributed by atoms with Crippen molar-refractivity contribution in [1.82, 2.24) is 0 Å². The first-order chi connectivity index (χ1) is 8.15. The van der Waals surface area contributed by atoms with Gasteiger partial charge in [-0.25, -0.2) is 0 Å². The molecule has 1 aromatic carbocycles. The van der Waals surface area contributed by atoms with Crippen molar-refractivity contribution in [2.75, 3.05) is 0 Å². The van der Waals surface area contributed by atoms with E-state index in [-0.39, 0.29) is 5.78 Å². The second kappa shape index (κ2) is 5.30. The van der Waals surface area contributed by atoms with Crippen LogP contribution in [0.5, 0.6) is 0 Å². The molecule has 0 aliphatic heterocycles. The summed E-state index contributed by atoms with van der Waals surface area (Å²) in [5, 5.41) is 0. The van der Waals surface area contributed by atoms with Crippen molar-refractivity contribution >= 4 is 40.9 Å². The predicted molar refractivity (Wildman–Crippen MR) is 74.7 cm³/mol. The van der Waals surface area contributed by atoms with Crippen LogP contribution in [-0.4, -0.2) is 5.78 Å². The summed E-state index contributed by atoms with van der Waals surface area (Å²) in [5.41, 5.74) is 1.81. The third kappa shape index (κ3) is 3.29. The fourth-order valence-electron chi connectivity index (χ4n) is 1.43. The zero-order valence-corrected chi connectivity index (χ0v) is 10.9. The van der Waals surface area contributed by atoms with Crippen LogP contribution in [0.4, 0.5) is 0 Å². The van der Waals surface area contributed by atoms with Gasteiger partial charge in [-0.1, -0.05) is 41.9 Å². The number of rotatable bonds is 3. The van der Waals surface area contributed by atoms with Crippen molar-refractivity contribution in [3.8, 4) is 0 Å². The molecule has 3 heteroatoms. The van der Waals surface area contributed by atoms with Gasteiger partial charge >= 0.3 is 0 Å². The normalized spacial score (nSPS) is 10.9. The van der Waals surface area contributed by atoms with E-state index in [0.29, 0.717) is 0 Å². The van der Waals surface area contributed by atoms with Crippen LogP contribution in [0.15, 0.2) is 36.4 Å². The van der Waals surface area contributed by atoms with Gasteiger partial charge in [-0.15, -0.1) is 11.3 Å². The molecule has 0 unspecified atom stereocenters. The third-order valence-electron chi connectivity index (χ3n) is 2.35. The number of thiophene rings is 1. The minimum absolute atomic E-state index is 0.0885. The molecule has 1 aromatic heterocycles. The second-order valence-corrected chi connectivity index (χ2v) is 5.40. The maximum Gasteiger partial charge on any atom is 0.159 e. The van der Waals surface area contributed by atoms with E-state index in [1.165, 1.54) is 11.3 Å². The highest BCUT2D eigenvalue weighted by Crippen LogP contribution is 2.23. The molecule has 0 spiro atoms. The van der Waals surface area contributed by atoms with Gasteiger partial charge in [-0.05, 0) is 30.7 Å². The molecular formula is C14H11ClOS. The molecule has 0 aliphatic rings. The van der Waals surface area contributed by atoms with E-state index in [9.17, 15) is 4.79 Å². The third-order valence-corrected chi connectivity index (χ3v) is 3.55. The lowest BCUT2D eigenvalue weighted by Crippen LogP contribution is -1.90. The van der Waals surface area contributed by atoms with Gasteiger partial charge in [0.1, 0.15) is 0 Å². The summed E-state index contributed by atoms with van der Waals surface area (Å²) >= 11 is 7.38. The Morgan fingerprint density at radius 3 is 2.35 bits per heavy atom. The van der Waals surface area contributed by atoms with Gasteiger partial charge in [-0.2, -0.15) is 0 Å². The van der Waals surface area contributed by atoms with Crippen molar-refractivity contribution in [1.29, 1.82) is 0 Å². The molecule has 2 aromatic rings. The van der Waals surface area contributed by atoms with E-state index < -0.39 is 0 Å². The first-order valence-corrected chi connectivity index (χ1v) is 6.39. The van der Waals surface area contributed by atoms with E-state index >= 15 is 0 Å². The Kier molecular flexibility index (Phi) is 3.77. The molecular weight excluding hydrogens is 252 g/mol. The SMILES string of the molecule is CC(=O)c1ccc(C=Cc2ccc(Cl)s2)cc1. The number of carbonyl (C=O) groups is 1. The topological polar surface area (TPSA) is 17.1 Å². The molecule has 0 saturated heterocycles. The largest absolute Gasteiger partial charge is 0.295 e. The van der Waals surface area contributed by atoms with Gasteiger partial charge < -0.3 is 0 Å².